The summed E-state index contributed by atoms with van der Waals surface area (Å²) in [6.45, 7) is 1.83. The van der Waals surface area contributed by atoms with Gasteiger partial charge in [0.25, 0.3) is 0 Å². The second kappa shape index (κ2) is 6.25. The molecule has 0 spiro atoms. The van der Waals surface area contributed by atoms with Crippen molar-refractivity contribution in [2.45, 2.75) is 19.4 Å². The van der Waals surface area contributed by atoms with Crippen molar-refractivity contribution in [1.82, 2.24) is 0 Å². The fraction of sp³-hybridized carbons (Fsp3) is 0.417. The van der Waals surface area contributed by atoms with Crippen molar-refractivity contribution in [3.05, 3.63) is 30.3 Å². The van der Waals surface area contributed by atoms with Gasteiger partial charge in [0.15, 0.2) is 0 Å². The molecule has 0 saturated carbocycles. The Morgan fingerprint density at radius 1 is 1.44 bits per heavy atom. The Morgan fingerprint density at radius 3 is 2.62 bits per heavy atom. The number of aliphatic hydroxyl groups excluding tert-OH is 1. The van der Waals surface area contributed by atoms with Crippen LogP contribution in [0, 0.1) is 5.92 Å². The molecule has 88 valence electrons. The maximum absolute atomic E-state index is 11.6. The van der Waals surface area contributed by atoms with Crippen LogP contribution in [0.2, 0.25) is 0 Å². The Kier molecular flexibility index (Phi) is 4.95. The number of hydrogen-bond donors (Lipinski definition) is 2. The molecule has 0 aliphatic rings. The largest absolute Gasteiger partial charge is 0.425 e. The molecule has 0 aliphatic carbocycles. The number of esters is 1. The summed E-state index contributed by atoms with van der Waals surface area (Å²) >= 11 is 0. The van der Waals surface area contributed by atoms with Gasteiger partial charge in [-0.25, -0.2) is 4.79 Å². The first-order valence-corrected chi connectivity index (χ1v) is 5.28. The van der Waals surface area contributed by atoms with Crippen LogP contribution in [0.3, 0.4) is 0 Å². The number of nitrogens with two attached hydrogens (primary N) is 1. The molecular formula is C12H17NO3. The summed E-state index contributed by atoms with van der Waals surface area (Å²) in [6, 6.07) is 8.09. The lowest BCUT2D eigenvalue weighted by Gasteiger charge is -2.17. The van der Waals surface area contributed by atoms with Crippen molar-refractivity contribution in [1.29, 1.82) is 0 Å². The fourth-order valence-electron chi connectivity index (χ4n) is 1.29. The first-order chi connectivity index (χ1) is 7.65. The summed E-state index contributed by atoms with van der Waals surface area (Å²) in [7, 11) is 0. The van der Waals surface area contributed by atoms with Crippen molar-refractivity contribution < 1.29 is 14.6 Å². The van der Waals surface area contributed by atoms with Gasteiger partial charge >= 0.3 is 5.97 Å². The first kappa shape index (κ1) is 12.7. The Bertz CT molecular complexity index is 326. The summed E-state index contributed by atoms with van der Waals surface area (Å²) in [5.41, 5.74) is 5.71. The van der Waals surface area contributed by atoms with Crippen LogP contribution in [0.4, 0.5) is 0 Å². The maximum Gasteiger partial charge on any atom is 0.328 e. The molecule has 0 heterocycles. The molecule has 1 aromatic rings. The predicted molar refractivity (Wildman–Crippen MR) is 60.9 cm³/mol. The van der Waals surface area contributed by atoms with Crippen LogP contribution in [-0.4, -0.2) is 23.7 Å². The lowest BCUT2D eigenvalue weighted by Crippen LogP contribution is -2.40. The molecule has 1 aromatic carbocycles. The van der Waals surface area contributed by atoms with Crippen LogP contribution in [0.25, 0.3) is 0 Å². The number of hydrogen-bond acceptors (Lipinski definition) is 4. The minimum atomic E-state index is -0.702. The van der Waals surface area contributed by atoms with E-state index >= 15 is 0 Å². The molecule has 16 heavy (non-hydrogen) atoms. The van der Waals surface area contributed by atoms with Gasteiger partial charge in [-0.2, -0.15) is 0 Å². The molecule has 0 aromatic heterocycles. The second-order valence-electron chi connectivity index (χ2n) is 3.75. The highest BCUT2D eigenvalue weighted by molar-refractivity contribution is 5.78. The number of carbonyl (C=O) groups excluding carboxylic acids is 1. The average Bonchev–Trinajstić information content (AvgIpc) is 2.29. The Morgan fingerprint density at radius 2 is 2.06 bits per heavy atom. The lowest BCUT2D eigenvalue weighted by atomic mass is 10.00. The highest BCUT2D eigenvalue weighted by Gasteiger charge is 2.22. The average molecular weight is 223 g/mol. The van der Waals surface area contributed by atoms with Crippen LogP contribution < -0.4 is 10.5 Å². The predicted octanol–water partition coefficient (Wildman–Crippen LogP) is 0.938. The van der Waals surface area contributed by atoms with E-state index in [9.17, 15) is 4.79 Å². The molecule has 3 N–H and O–H groups in total. The molecule has 2 unspecified atom stereocenters. The quantitative estimate of drug-likeness (QED) is 0.575. The smallest absolute Gasteiger partial charge is 0.328 e. The fourth-order valence-corrected chi connectivity index (χ4v) is 1.29. The van der Waals surface area contributed by atoms with Gasteiger partial charge in [-0.15, -0.1) is 0 Å². The number of rotatable bonds is 5. The molecule has 0 amide bonds. The van der Waals surface area contributed by atoms with Crippen LogP contribution in [0.1, 0.15) is 13.3 Å². The van der Waals surface area contributed by atoms with E-state index in [4.69, 9.17) is 15.6 Å². The van der Waals surface area contributed by atoms with E-state index in [0.717, 1.165) is 0 Å². The van der Waals surface area contributed by atoms with Gasteiger partial charge in [0, 0.05) is 6.61 Å². The lowest BCUT2D eigenvalue weighted by molar-refractivity contribution is -0.137. The standard InChI is InChI=1S/C12H17NO3/c1-9(7-8-14)11(13)12(15)16-10-5-3-2-4-6-10/h2-6,9,11,14H,7-8,13H2,1H3. The van der Waals surface area contributed by atoms with Gasteiger partial charge in [0.1, 0.15) is 11.8 Å². The topological polar surface area (TPSA) is 72.5 Å². The van der Waals surface area contributed by atoms with Gasteiger partial charge in [-0.1, -0.05) is 25.1 Å². The number of aliphatic hydroxyl groups is 1. The van der Waals surface area contributed by atoms with Crippen LogP contribution in [-0.2, 0) is 4.79 Å². The van der Waals surface area contributed by atoms with Crippen LogP contribution in [0.5, 0.6) is 5.75 Å². The number of ether oxygens (including phenoxy) is 1. The Balaban J connectivity index is 2.52. The van der Waals surface area contributed by atoms with Gasteiger partial charge < -0.3 is 15.6 Å². The molecule has 2 atom stereocenters. The van der Waals surface area contributed by atoms with Crippen molar-refractivity contribution in [3.63, 3.8) is 0 Å². The second-order valence-corrected chi connectivity index (χ2v) is 3.75. The highest BCUT2D eigenvalue weighted by atomic mass is 16.5. The molecule has 0 fully saturated rings. The van der Waals surface area contributed by atoms with E-state index < -0.39 is 12.0 Å². The minimum Gasteiger partial charge on any atom is -0.425 e. The summed E-state index contributed by atoms with van der Waals surface area (Å²) in [4.78, 5) is 11.6. The third-order valence-corrected chi connectivity index (χ3v) is 2.43. The SMILES string of the molecule is CC(CCO)C(N)C(=O)Oc1ccccc1. The zero-order valence-electron chi connectivity index (χ0n) is 9.30. The summed E-state index contributed by atoms with van der Waals surface area (Å²) in [5, 5.41) is 8.75. The Hall–Kier alpha value is -1.39. The normalized spacial score (nSPS) is 14.2. The summed E-state index contributed by atoms with van der Waals surface area (Å²) in [5.74, 6) is -0.0764. The van der Waals surface area contributed by atoms with Gasteiger partial charge in [-0.3, -0.25) is 0 Å². The van der Waals surface area contributed by atoms with Crippen molar-refractivity contribution in [3.8, 4) is 5.75 Å². The van der Waals surface area contributed by atoms with Crippen molar-refractivity contribution in [2.24, 2.45) is 11.7 Å². The van der Waals surface area contributed by atoms with Crippen LogP contribution in [0.15, 0.2) is 30.3 Å². The number of benzene rings is 1. The molecule has 0 radical (unpaired) electrons. The zero-order chi connectivity index (χ0) is 12.0. The molecule has 1 rings (SSSR count). The Labute approximate surface area is 95.0 Å². The molecule has 0 aliphatic heterocycles. The number of carbonyl (C=O) groups is 1. The van der Waals surface area contributed by atoms with E-state index in [0.29, 0.717) is 12.2 Å². The van der Waals surface area contributed by atoms with E-state index in [1.807, 2.05) is 13.0 Å². The van der Waals surface area contributed by atoms with E-state index in [1.165, 1.54) is 0 Å². The van der Waals surface area contributed by atoms with Gasteiger partial charge in [-0.05, 0) is 24.5 Å². The molecule has 4 nitrogen and oxygen atoms in total. The minimum absolute atomic E-state index is 0.0213. The first-order valence-electron chi connectivity index (χ1n) is 5.28. The van der Waals surface area contributed by atoms with Gasteiger partial charge in [0.2, 0.25) is 0 Å². The maximum atomic E-state index is 11.6. The van der Waals surface area contributed by atoms with Gasteiger partial charge in [0.05, 0.1) is 0 Å². The summed E-state index contributed by atoms with van der Waals surface area (Å²) < 4.78 is 5.10. The summed E-state index contributed by atoms with van der Waals surface area (Å²) in [6.07, 6.45) is 0.491. The third-order valence-electron chi connectivity index (χ3n) is 2.43. The number of para-hydroxylation sites is 1. The zero-order valence-corrected chi connectivity index (χ0v) is 9.30. The monoisotopic (exact) mass is 223 g/mol. The van der Waals surface area contributed by atoms with Crippen LogP contribution >= 0.6 is 0 Å². The molecule has 0 saturated heterocycles. The molecule has 4 heteroatoms. The molecule has 0 bridgehead atoms. The van der Waals surface area contributed by atoms with E-state index in [-0.39, 0.29) is 12.5 Å². The van der Waals surface area contributed by atoms with Crippen molar-refractivity contribution >= 4 is 5.97 Å². The molecular weight excluding hydrogens is 206 g/mol. The van der Waals surface area contributed by atoms with E-state index in [2.05, 4.69) is 0 Å². The van der Waals surface area contributed by atoms with E-state index in [1.54, 1.807) is 24.3 Å². The third kappa shape index (κ3) is 3.64. The highest BCUT2D eigenvalue weighted by Crippen LogP contribution is 2.12. The van der Waals surface area contributed by atoms with Crippen molar-refractivity contribution in [2.75, 3.05) is 6.61 Å².